The molecule has 0 fully saturated rings. The van der Waals surface area contributed by atoms with Gasteiger partial charge in [0.1, 0.15) is 0 Å². The highest BCUT2D eigenvalue weighted by molar-refractivity contribution is 6.10. The van der Waals surface area contributed by atoms with Crippen LogP contribution in [0.3, 0.4) is 0 Å². The first kappa shape index (κ1) is 32.2. The average Bonchev–Trinajstić information content (AvgIpc) is 3.27. The highest BCUT2D eigenvalue weighted by atomic mass is 14.2. The molecule has 0 spiro atoms. The minimum atomic E-state index is 1.20. The van der Waals surface area contributed by atoms with Crippen molar-refractivity contribution >= 4 is 53.9 Å². The Balaban J connectivity index is 1.16. The Morgan fingerprint density at radius 1 is 0.161 bits per heavy atom. The Bertz CT molecular complexity index is 3290. The number of fused-ring (bicyclic) bond motifs is 5. The van der Waals surface area contributed by atoms with Crippen LogP contribution in [0, 0.1) is 0 Å². The van der Waals surface area contributed by atoms with Gasteiger partial charge in [0.15, 0.2) is 0 Å². The fourth-order valence-electron chi connectivity index (χ4n) is 8.58. The molecule has 0 saturated heterocycles. The molecule has 0 aliphatic heterocycles. The molecule has 11 rings (SSSR count). The minimum absolute atomic E-state index is 1.20. The van der Waals surface area contributed by atoms with Crippen LogP contribution in [0.1, 0.15) is 0 Å². The summed E-state index contributed by atoms with van der Waals surface area (Å²) in [7, 11) is 0. The Labute approximate surface area is 326 Å². The zero-order valence-corrected chi connectivity index (χ0v) is 30.8. The molecule has 0 saturated carbocycles. The minimum Gasteiger partial charge on any atom is -0.0616 e. The van der Waals surface area contributed by atoms with Crippen molar-refractivity contribution in [3.63, 3.8) is 0 Å². The largest absolute Gasteiger partial charge is 0.0616 e. The molecular formula is C56H36. The summed E-state index contributed by atoms with van der Waals surface area (Å²) in [6.45, 7) is 0. The quantitative estimate of drug-likeness (QED) is 0.167. The molecule has 0 nitrogen and oxygen atoms in total. The fraction of sp³-hybridized carbons (Fsp3) is 0. The second-order valence-electron chi connectivity index (χ2n) is 15.0. The maximum atomic E-state index is 2.42. The lowest BCUT2D eigenvalue weighted by atomic mass is 9.86. The monoisotopic (exact) mass is 708 g/mol. The summed E-state index contributed by atoms with van der Waals surface area (Å²) in [6.07, 6.45) is 0. The number of hydrogen-bond donors (Lipinski definition) is 0. The van der Waals surface area contributed by atoms with Gasteiger partial charge in [0.2, 0.25) is 0 Å². The summed E-state index contributed by atoms with van der Waals surface area (Å²) in [6, 6.07) is 80.7. The van der Waals surface area contributed by atoms with Crippen LogP contribution >= 0.6 is 0 Å². The van der Waals surface area contributed by atoms with Crippen molar-refractivity contribution in [3.8, 4) is 55.6 Å². The standard InChI is InChI=1S/C56H36/c1-5-13-43-29-47(25-21-37(43)9-1)41-17-19-42(20-18-41)51-33-53(49-27-23-39-11-3-7-15-45(39)31-49)56-36-52(48-26-22-38-10-2-6-14-44(38)30-48)34-54(55(56)35-51)50-28-24-40-12-4-8-16-46(40)32-50/h1-36H. The SMILES string of the molecule is c1ccc2cc(-c3ccc(-c4cc(-c5ccc6ccccc6c5)c5cc(-c6ccc7ccccc7c6)cc(-c6ccc7ccccc7c6)c5c4)cc3)ccc2c1. The summed E-state index contributed by atoms with van der Waals surface area (Å²) < 4.78 is 0. The van der Waals surface area contributed by atoms with E-state index in [1.165, 1.54) is 109 Å². The normalized spacial score (nSPS) is 11.6. The summed E-state index contributed by atoms with van der Waals surface area (Å²) in [5.41, 5.74) is 12.1. The zero-order valence-electron chi connectivity index (χ0n) is 30.8. The predicted octanol–water partition coefficient (Wildman–Crippen LogP) is 15.8. The first-order valence-corrected chi connectivity index (χ1v) is 19.4. The molecule has 0 heterocycles. The van der Waals surface area contributed by atoms with Crippen LogP contribution in [0.2, 0.25) is 0 Å². The van der Waals surface area contributed by atoms with Crippen LogP contribution in [0.15, 0.2) is 218 Å². The van der Waals surface area contributed by atoms with E-state index in [0.717, 1.165) is 0 Å². The topological polar surface area (TPSA) is 0 Å². The highest BCUT2D eigenvalue weighted by Crippen LogP contribution is 2.43. The molecule has 0 aliphatic carbocycles. The second kappa shape index (κ2) is 13.2. The first-order chi connectivity index (χ1) is 27.7. The van der Waals surface area contributed by atoms with Crippen molar-refractivity contribution in [1.29, 1.82) is 0 Å². The molecule has 0 aliphatic rings. The summed E-state index contributed by atoms with van der Waals surface area (Å²) in [5, 5.41) is 12.5. The molecule has 0 aromatic heterocycles. The van der Waals surface area contributed by atoms with Gasteiger partial charge in [-0.25, -0.2) is 0 Å². The molecule has 0 radical (unpaired) electrons. The third-order valence-electron chi connectivity index (χ3n) is 11.6. The van der Waals surface area contributed by atoms with Gasteiger partial charge in [0.25, 0.3) is 0 Å². The van der Waals surface area contributed by atoms with Crippen molar-refractivity contribution < 1.29 is 0 Å². The average molecular weight is 709 g/mol. The predicted molar refractivity (Wildman–Crippen MR) is 241 cm³/mol. The summed E-state index contributed by atoms with van der Waals surface area (Å²) >= 11 is 0. The molecule has 0 bridgehead atoms. The van der Waals surface area contributed by atoms with E-state index in [0.29, 0.717) is 0 Å². The van der Waals surface area contributed by atoms with E-state index in [2.05, 4.69) is 218 Å². The molecule has 11 aromatic rings. The van der Waals surface area contributed by atoms with Crippen molar-refractivity contribution in [3.05, 3.63) is 218 Å². The summed E-state index contributed by atoms with van der Waals surface area (Å²) in [4.78, 5) is 0. The Morgan fingerprint density at radius 3 is 0.821 bits per heavy atom. The van der Waals surface area contributed by atoms with E-state index >= 15 is 0 Å². The second-order valence-corrected chi connectivity index (χ2v) is 15.0. The molecule has 0 atom stereocenters. The van der Waals surface area contributed by atoms with Gasteiger partial charge in [-0.05, 0) is 158 Å². The molecule has 11 aromatic carbocycles. The van der Waals surface area contributed by atoms with E-state index in [1.807, 2.05) is 0 Å². The molecule has 260 valence electrons. The third-order valence-corrected chi connectivity index (χ3v) is 11.6. The van der Waals surface area contributed by atoms with Crippen molar-refractivity contribution in [2.24, 2.45) is 0 Å². The molecule has 0 amide bonds. The van der Waals surface area contributed by atoms with Gasteiger partial charge in [-0.15, -0.1) is 0 Å². The Hall–Kier alpha value is -7.28. The fourth-order valence-corrected chi connectivity index (χ4v) is 8.58. The lowest BCUT2D eigenvalue weighted by molar-refractivity contribution is 1.60. The Morgan fingerprint density at radius 2 is 0.429 bits per heavy atom. The van der Waals surface area contributed by atoms with Crippen LogP contribution in [-0.4, -0.2) is 0 Å². The van der Waals surface area contributed by atoms with Crippen molar-refractivity contribution in [1.82, 2.24) is 0 Å². The Kier molecular flexibility index (Phi) is 7.60. The van der Waals surface area contributed by atoms with Crippen LogP contribution in [-0.2, 0) is 0 Å². The van der Waals surface area contributed by atoms with Gasteiger partial charge < -0.3 is 0 Å². The molecule has 0 N–H and O–H groups in total. The lowest BCUT2D eigenvalue weighted by Gasteiger charge is -2.18. The third kappa shape index (κ3) is 5.72. The molecule has 0 unspecified atom stereocenters. The molecular weight excluding hydrogens is 673 g/mol. The highest BCUT2D eigenvalue weighted by Gasteiger charge is 2.16. The van der Waals surface area contributed by atoms with E-state index in [-0.39, 0.29) is 0 Å². The van der Waals surface area contributed by atoms with Gasteiger partial charge in [-0.3, -0.25) is 0 Å². The van der Waals surface area contributed by atoms with Gasteiger partial charge in [-0.1, -0.05) is 170 Å². The van der Waals surface area contributed by atoms with Crippen LogP contribution in [0.4, 0.5) is 0 Å². The van der Waals surface area contributed by atoms with Crippen molar-refractivity contribution in [2.75, 3.05) is 0 Å². The number of hydrogen-bond acceptors (Lipinski definition) is 0. The van der Waals surface area contributed by atoms with Crippen molar-refractivity contribution in [2.45, 2.75) is 0 Å². The number of rotatable bonds is 5. The molecule has 0 heteroatoms. The van der Waals surface area contributed by atoms with Crippen LogP contribution in [0.25, 0.3) is 109 Å². The van der Waals surface area contributed by atoms with Gasteiger partial charge in [0, 0.05) is 0 Å². The van der Waals surface area contributed by atoms with E-state index < -0.39 is 0 Å². The van der Waals surface area contributed by atoms with Gasteiger partial charge in [0.05, 0.1) is 0 Å². The maximum Gasteiger partial charge on any atom is -0.00926 e. The summed E-state index contributed by atoms with van der Waals surface area (Å²) in [5.74, 6) is 0. The zero-order chi connectivity index (χ0) is 37.0. The van der Waals surface area contributed by atoms with Gasteiger partial charge >= 0.3 is 0 Å². The number of benzene rings is 11. The van der Waals surface area contributed by atoms with Gasteiger partial charge in [-0.2, -0.15) is 0 Å². The van der Waals surface area contributed by atoms with E-state index in [1.54, 1.807) is 0 Å². The molecule has 56 heavy (non-hydrogen) atoms. The van der Waals surface area contributed by atoms with E-state index in [9.17, 15) is 0 Å². The first-order valence-electron chi connectivity index (χ1n) is 19.4. The van der Waals surface area contributed by atoms with Crippen LogP contribution < -0.4 is 0 Å². The van der Waals surface area contributed by atoms with E-state index in [4.69, 9.17) is 0 Å². The maximum absolute atomic E-state index is 2.42. The lowest BCUT2D eigenvalue weighted by Crippen LogP contribution is -1.91. The van der Waals surface area contributed by atoms with Crippen LogP contribution in [0.5, 0.6) is 0 Å². The smallest absolute Gasteiger partial charge is 0.00926 e.